The third-order valence-electron chi connectivity index (χ3n) is 1.95. The highest BCUT2D eigenvalue weighted by Crippen LogP contribution is 2.15. The van der Waals surface area contributed by atoms with Crippen LogP contribution in [0.3, 0.4) is 0 Å². The van der Waals surface area contributed by atoms with E-state index in [-0.39, 0.29) is 11.7 Å². The van der Waals surface area contributed by atoms with E-state index in [1.165, 1.54) is 18.9 Å². The Morgan fingerprint density at radius 3 is 3.11 bits per heavy atom. The first kappa shape index (κ1) is 13.0. The molecule has 0 amide bonds. The quantitative estimate of drug-likeness (QED) is 0.483. The van der Waals surface area contributed by atoms with Gasteiger partial charge in [0, 0.05) is 18.5 Å². The van der Waals surface area contributed by atoms with E-state index in [1.807, 2.05) is 0 Å². The Morgan fingerprint density at radius 2 is 2.44 bits per heavy atom. The highest BCUT2D eigenvalue weighted by atomic mass is 79.9. The van der Waals surface area contributed by atoms with E-state index in [9.17, 15) is 4.79 Å². The first-order valence-electron chi connectivity index (χ1n) is 4.92. The minimum Gasteiger partial charge on any atom is -0.468 e. The standard InChI is InChI=1S/C10H9BrN4O2S/c1-17-9(16)6-18-10-12-3-2-8(14-10)15-5-7(11)4-13-15/h2-5H,6H2,1H3. The largest absolute Gasteiger partial charge is 0.468 e. The summed E-state index contributed by atoms with van der Waals surface area (Å²) in [6, 6.07) is 1.74. The predicted octanol–water partition coefficient (Wildman–Crippen LogP) is 1.69. The molecule has 6 nitrogen and oxygen atoms in total. The molecule has 0 bridgehead atoms. The van der Waals surface area contributed by atoms with Crippen molar-refractivity contribution in [3.05, 3.63) is 29.1 Å². The van der Waals surface area contributed by atoms with Crippen molar-refractivity contribution in [3.8, 4) is 5.82 Å². The summed E-state index contributed by atoms with van der Waals surface area (Å²) < 4.78 is 7.04. The van der Waals surface area contributed by atoms with Crippen LogP contribution in [0.25, 0.3) is 5.82 Å². The van der Waals surface area contributed by atoms with E-state index in [2.05, 4.69) is 35.7 Å². The molecule has 0 unspecified atom stereocenters. The Bertz CT molecular complexity index is 560. The third kappa shape index (κ3) is 3.30. The van der Waals surface area contributed by atoms with Gasteiger partial charge in [0.2, 0.25) is 0 Å². The van der Waals surface area contributed by atoms with Crippen LogP contribution in [0, 0.1) is 0 Å². The number of ether oxygens (including phenoxy) is 1. The van der Waals surface area contributed by atoms with Crippen molar-refractivity contribution in [1.82, 2.24) is 19.7 Å². The van der Waals surface area contributed by atoms with E-state index in [1.54, 1.807) is 29.3 Å². The van der Waals surface area contributed by atoms with E-state index >= 15 is 0 Å². The van der Waals surface area contributed by atoms with Crippen LogP contribution < -0.4 is 0 Å². The van der Waals surface area contributed by atoms with Gasteiger partial charge in [-0.1, -0.05) is 11.8 Å². The normalized spacial score (nSPS) is 10.3. The van der Waals surface area contributed by atoms with Gasteiger partial charge in [0.25, 0.3) is 0 Å². The van der Waals surface area contributed by atoms with Gasteiger partial charge in [-0.05, 0) is 15.9 Å². The van der Waals surface area contributed by atoms with Gasteiger partial charge < -0.3 is 4.74 Å². The summed E-state index contributed by atoms with van der Waals surface area (Å²) in [6.45, 7) is 0. The zero-order valence-corrected chi connectivity index (χ0v) is 11.8. The summed E-state index contributed by atoms with van der Waals surface area (Å²) in [5.74, 6) is 0.516. The molecule has 2 aromatic rings. The number of methoxy groups -OCH3 is 1. The van der Waals surface area contributed by atoms with Crippen molar-refractivity contribution in [2.75, 3.05) is 12.9 Å². The number of hydrogen-bond donors (Lipinski definition) is 0. The Hall–Kier alpha value is -1.41. The zero-order chi connectivity index (χ0) is 13.0. The molecule has 2 heterocycles. The SMILES string of the molecule is COC(=O)CSc1nccc(-n2cc(Br)cn2)n1. The van der Waals surface area contributed by atoms with E-state index < -0.39 is 0 Å². The number of carbonyl (C=O) groups is 1. The lowest BCUT2D eigenvalue weighted by Crippen LogP contribution is -2.05. The number of carbonyl (C=O) groups excluding carboxylic acids is 1. The number of halogens is 1. The van der Waals surface area contributed by atoms with Gasteiger partial charge in [0.1, 0.15) is 0 Å². The minimum atomic E-state index is -0.309. The lowest BCUT2D eigenvalue weighted by atomic mass is 10.6. The summed E-state index contributed by atoms with van der Waals surface area (Å²) in [7, 11) is 1.35. The van der Waals surface area contributed by atoms with Gasteiger partial charge >= 0.3 is 5.97 Å². The second kappa shape index (κ2) is 5.96. The Balaban J connectivity index is 2.12. The highest BCUT2D eigenvalue weighted by molar-refractivity contribution is 9.10. The van der Waals surface area contributed by atoms with Gasteiger partial charge in [0.15, 0.2) is 11.0 Å². The summed E-state index contributed by atoms with van der Waals surface area (Å²) in [5, 5.41) is 4.62. The zero-order valence-electron chi connectivity index (χ0n) is 9.41. The molecule has 0 aliphatic heterocycles. The molecule has 18 heavy (non-hydrogen) atoms. The van der Waals surface area contributed by atoms with Crippen molar-refractivity contribution in [2.45, 2.75) is 5.16 Å². The maximum atomic E-state index is 11.0. The molecule has 0 aliphatic rings. The smallest absolute Gasteiger partial charge is 0.316 e. The predicted molar refractivity (Wildman–Crippen MR) is 69.6 cm³/mol. The Morgan fingerprint density at radius 1 is 1.61 bits per heavy atom. The van der Waals surface area contributed by atoms with E-state index in [0.29, 0.717) is 11.0 Å². The number of thioether (sulfide) groups is 1. The molecule has 0 saturated heterocycles. The topological polar surface area (TPSA) is 69.9 Å². The van der Waals surface area contributed by atoms with Crippen molar-refractivity contribution < 1.29 is 9.53 Å². The second-order valence-electron chi connectivity index (χ2n) is 3.17. The average molecular weight is 329 g/mol. The molecule has 0 aliphatic carbocycles. The molecule has 2 rings (SSSR count). The van der Waals surface area contributed by atoms with Crippen LogP contribution in [0.1, 0.15) is 0 Å². The van der Waals surface area contributed by atoms with Crippen molar-refractivity contribution in [3.63, 3.8) is 0 Å². The molecule has 2 aromatic heterocycles. The van der Waals surface area contributed by atoms with Crippen LogP contribution in [0.2, 0.25) is 0 Å². The highest BCUT2D eigenvalue weighted by Gasteiger charge is 2.06. The van der Waals surface area contributed by atoms with Crippen molar-refractivity contribution in [1.29, 1.82) is 0 Å². The van der Waals surface area contributed by atoms with Gasteiger partial charge in [-0.25, -0.2) is 14.6 Å². The molecule has 0 aromatic carbocycles. The van der Waals surface area contributed by atoms with Crippen LogP contribution >= 0.6 is 27.7 Å². The number of hydrogen-bond acceptors (Lipinski definition) is 6. The summed E-state index contributed by atoms with van der Waals surface area (Å²) in [4.78, 5) is 19.4. The molecule has 0 saturated carbocycles. The first-order chi connectivity index (χ1) is 8.69. The monoisotopic (exact) mass is 328 g/mol. The van der Waals surface area contributed by atoms with Gasteiger partial charge in [-0.15, -0.1) is 0 Å². The fourth-order valence-corrected chi connectivity index (χ4v) is 2.08. The van der Waals surface area contributed by atoms with Crippen LogP contribution in [-0.2, 0) is 9.53 Å². The lowest BCUT2D eigenvalue weighted by molar-refractivity contribution is -0.137. The lowest BCUT2D eigenvalue weighted by Gasteiger charge is -2.02. The summed E-state index contributed by atoms with van der Waals surface area (Å²) in [5.41, 5.74) is 0. The summed E-state index contributed by atoms with van der Waals surface area (Å²) in [6.07, 6.45) is 5.08. The maximum Gasteiger partial charge on any atom is 0.316 e. The summed E-state index contributed by atoms with van der Waals surface area (Å²) >= 11 is 4.53. The van der Waals surface area contributed by atoms with E-state index in [4.69, 9.17) is 0 Å². The Kier molecular flexibility index (Phi) is 4.32. The third-order valence-corrected chi connectivity index (χ3v) is 3.20. The molecule has 94 valence electrons. The number of esters is 1. The number of aromatic nitrogens is 4. The van der Waals surface area contributed by atoms with Crippen molar-refractivity contribution >= 4 is 33.7 Å². The molecule has 8 heteroatoms. The maximum absolute atomic E-state index is 11.0. The average Bonchev–Trinajstić information content (AvgIpc) is 2.83. The van der Waals surface area contributed by atoms with Crippen LogP contribution in [0.5, 0.6) is 0 Å². The van der Waals surface area contributed by atoms with Crippen LogP contribution in [0.4, 0.5) is 0 Å². The fraction of sp³-hybridized carbons (Fsp3) is 0.200. The molecular formula is C10H9BrN4O2S. The van der Waals surface area contributed by atoms with Crippen LogP contribution in [-0.4, -0.2) is 38.6 Å². The number of nitrogens with zero attached hydrogens (tertiary/aromatic N) is 4. The van der Waals surface area contributed by atoms with Gasteiger partial charge in [-0.2, -0.15) is 5.10 Å². The molecule has 0 spiro atoms. The first-order valence-corrected chi connectivity index (χ1v) is 6.70. The minimum absolute atomic E-state index is 0.183. The van der Waals surface area contributed by atoms with E-state index in [0.717, 1.165) is 4.47 Å². The fourth-order valence-electron chi connectivity index (χ4n) is 1.14. The Labute approximate surface area is 116 Å². The number of rotatable bonds is 4. The molecule has 0 radical (unpaired) electrons. The molecule has 0 N–H and O–H groups in total. The van der Waals surface area contributed by atoms with Gasteiger partial charge in [0.05, 0.1) is 23.5 Å². The van der Waals surface area contributed by atoms with Crippen molar-refractivity contribution in [2.24, 2.45) is 0 Å². The molecule has 0 atom stereocenters. The molecule has 0 fully saturated rings. The van der Waals surface area contributed by atoms with Gasteiger partial charge in [-0.3, -0.25) is 4.79 Å². The van der Waals surface area contributed by atoms with Crippen LogP contribution in [0.15, 0.2) is 34.3 Å². The molecular weight excluding hydrogens is 320 g/mol. The second-order valence-corrected chi connectivity index (χ2v) is 5.02.